The van der Waals surface area contributed by atoms with Crippen molar-refractivity contribution in [2.75, 3.05) is 33.9 Å². The molecular weight excluding hydrogens is 474 g/mol. The van der Waals surface area contributed by atoms with E-state index >= 15 is 0 Å². The molecule has 0 spiro atoms. The molecule has 1 aromatic rings. The third-order valence-electron chi connectivity index (χ3n) is 7.05. The number of aliphatic carboxylic acids is 1. The Morgan fingerprint density at radius 1 is 0.973 bits per heavy atom. The predicted octanol–water partition coefficient (Wildman–Crippen LogP) is 5.25. The lowest BCUT2D eigenvalue weighted by molar-refractivity contribution is -0.148. The van der Waals surface area contributed by atoms with E-state index in [2.05, 4.69) is 11.0 Å². The normalized spacial score (nSPS) is 21.6. The van der Waals surface area contributed by atoms with Crippen LogP contribution in [0.15, 0.2) is 18.2 Å². The number of carbonyl (C=O) groups excluding carboxylic acids is 1. The third kappa shape index (κ3) is 10.5. The number of unbranched alkanes of at least 4 members (excludes halogenated alkanes) is 2. The molecule has 1 aliphatic heterocycles. The van der Waals surface area contributed by atoms with Crippen LogP contribution in [0.1, 0.15) is 83.6 Å². The number of carboxylic acid groups (broad SMARTS) is 1. The maximum Gasteiger partial charge on any atom is 0.306 e. The minimum atomic E-state index is -0.787. The first-order valence-corrected chi connectivity index (χ1v) is 14.0. The Bertz CT molecular complexity index is 815. The molecule has 2 fully saturated rings. The van der Waals surface area contributed by atoms with E-state index in [1.54, 1.807) is 14.2 Å². The average molecular weight is 522 g/mol. The highest BCUT2D eigenvalue weighted by Gasteiger charge is 2.36. The van der Waals surface area contributed by atoms with Gasteiger partial charge in [0.2, 0.25) is 0 Å². The average Bonchev–Trinajstić information content (AvgIpc) is 3.37. The summed E-state index contributed by atoms with van der Waals surface area (Å²) in [5.74, 6) is 0.508. The quantitative estimate of drug-likeness (QED) is 0.262. The van der Waals surface area contributed by atoms with Crippen LogP contribution in [-0.4, -0.2) is 74.1 Å². The third-order valence-corrected chi connectivity index (χ3v) is 7.05. The molecule has 0 amide bonds. The minimum Gasteiger partial charge on any atom is -0.493 e. The van der Waals surface area contributed by atoms with E-state index in [9.17, 15) is 9.59 Å². The van der Waals surface area contributed by atoms with E-state index in [1.165, 1.54) is 12.8 Å². The number of benzene rings is 1. The highest BCUT2D eigenvalue weighted by atomic mass is 16.5. The van der Waals surface area contributed by atoms with Gasteiger partial charge in [-0.2, -0.15) is 0 Å². The summed E-state index contributed by atoms with van der Waals surface area (Å²) < 4.78 is 22.8. The SMILES string of the molecule is CC.COc1ccc(CCOC2CCCC[C@H]2N2CC[C@@H](OC(=O)CCCCCC(=O)O)C2)cc1OC. The molecule has 0 aromatic heterocycles. The number of hydrogen-bond donors (Lipinski definition) is 1. The van der Waals surface area contributed by atoms with E-state index < -0.39 is 5.97 Å². The summed E-state index contributed by atoms with van der Waals surface area (Å²) >= 11 is 0. The Balaban J connectivity index is 0.00000235. The van der Waals surface area contributed by atoms with Crippen LogP contribution < -0.4 is 9.47 Å². The number of esters is 1. The molecule has 8 heteroatoms. The Kier molecular flexibility index (Phi) is 14.4. The lowest BCUT2D eigenvalue weighted by Crippen LogP contribution is -2.46. The van der Waals surface area contributed by atoms with Gasteiger partial charge >= 0.3 is 11.9 Å². The van der Waals surface area contributed by atoms with Crippen molar-refractivity contribution in [2.24, 2.45) is 0 Å². The predicted molar refractivity (Wildman–Crippen MR) is 143 cm³/mol. The zero-order valence-corrected chi connectivity index (χ0v) is 23.2. The van der Waals surface area contributed by atoms with E-state index in [4.69, 9.17) is 24.1 Å². The van der Waals surface area contributed by atoms with Gasteiger partial charge in [0.15, 0.2) is 11.5 Å². The van der Waals surface area contributed by atoms with Crippen molar-refractivity contribution < 1.29 is 33.6 Å². The molecule has 8 nitrogen and oxygen atoms in total. The second kappa shape index (κ2) is 17.2. The highest BCUT2D eigenvalue weighted by Crippen LogP contribution is 2.30. The van der Waals surface area contributed by atoms with Crippen molar-refractivity contribution >= 4 is 11.9 Å². The number of ether oxygens (including phenoxy) is 4. The molecule has 3 atom stereocenters. The van der Waals surface area contributed by atoms with E-state index in [0.29, 0.717) is 31.9 Å². The lowest BCUT2D eigenvalue weighted by atomic mass is 9.91. The van der Waals surface area contributed by atoms with Crippen LogP contribution in [0.4, 0.5) is 0 Å². The standard InChI is InChI=1S/C27H41NO7.C2H6/c1-32-24-13-12-20(18-25(24)33-2)15-17-34-23-9-7-6-8-22(23)28-16-14-21(19-28)35-27(31)11-5-3-4-10-26(29)30;1-2/h12-13,18,21-23H,3-11,14-17,19H2,1-2H3,(H,29,30);1-2H3/t21-,22-,23?;/m1./s1. The van der Waals surface area contributed by atoms with Gasteiger partial charge in [-0.3, -0.25) is 14.5 Å². The van der Waals surface area contributed by atoms with Gasteiger partial charge in [0, 0.05) is 32.0 Å². The lowest BCUT2D eigenvalue weighted by Gasteiger charge is -2.37. The van der Waals surface area contributed by atoms with Crippen LogP contribution >= 0.6 is 0 Å². The molecule has 1 saturated carbocycles. The molecule has 37 heavy (non-hydrogen) atoms. The molecule has 1 aliphatic carbocycles. The van der Waals surface area contributed by atoms with Gasteiger partial charge in [0.1, 0.15) is 6.10 Å². The molecule has 210 valence electrons. The fourth-order valence-corrected chi connectivity index (χ4v) is 5.17. The van der Waals surface area contributed by atoms with Gasteiger partial charge in [0.25, 0.3) is 0 Å². The first-order valence-electron chi connectivity index (χ1n) is 14.0. The summed E-state index contributed by atoms with van der Waals surface area (Å²) in [5.41, 5.74) is 1.16. The van der Waals surface area contributed by atoms with Gasteiger partial charge in [-0.25, -0.2) is 0 Å². The van der Waals surface area contributed by atoms with Crippen LogP contribution in [0, 0.1) is 0 Å². The number of hydrogen-bond acceptors (Lipinski definition) is 7. The summed E-state index contributed by atoms with van der Waals surface area (Å²) in [6.45, 7) is 6.35. The monoisotopic (exact) mass is 521 g/mol. The molecule has 1 N–H and O–H groups in total. The second-order valence-electron chi connectivity index (χ2n) is 9.55. The number of likely N-dealkylation sites (tertiary alicyclic amines) is 1. The molecule has 3 rings (SSSR count). The van der Waals surface area contributed by atoms with Crippen LogP contribution in [0.3, 0.4) is 0 Å². The topological polar surface area (TPSA) is 94.5 Å². The van der Waals surface area contributed by atoms with Crippen LogP contribution in [0.2, 0.25) is 0 Å². The molecule has 2 aliphatic rings. The zero-order chi connectivity index (χ0) is 27.0. The zero-order valence-electron chi connectivity index (χ0n) is 23.2. The summed E-state index contributed by atoms with van der Waals surface area (Å²) in [5, 5.41) is 8.69. The molecule has 1 heterocycles. The van der Waals surface area contributed by atoms with Crippen molar-refractivity contribution in [1.29, 1.82) is 0 Å². The Morgan fingerprint density at radius 2 is 1.70 bits per heavy atom. The number of methoxy groups -OCH3 is 2. The Labute approximate surface area is 222 Å². The van der Waals surface area contributed by atoms with Gasteiger partial charge in [0.05, 0.1) is 26.9 Å². The molecule has 0 radical (unpaired) electrons. The minimum absolute atomic E-state index is 0.0594. The van der Waals surface area contributed by atoms with Crippen molar-refractivity contribution in [1.82, 2.24) is 4.90 Å². The van der Waals surface area contributed by atoms with Crippen LogP contribution in [0.25, 0.3) is 0 Å². The van der Waals surface area contributed by atoms with E-state index in [0.717, 1.165) is 62.3 Å². The van der Waals surface area contributed by atoms with Crippen molar-refractivity contribution in [3.05, 3.63) is 23.8 Å². The fraction of sp³-hybridized carbons (Fsp3) is 0.724. The van der Waals surface area contributed by atoms with Gasteiger partial charge in [-0.05, 0) is 56.2 Å². The first-order chi connectivity index (χ1) is 18.0. The summed E-state index contributed by atoms with van der Waals surface area (Å²) in [6.07, 6.45) is 8.94. The highest BCUT2D eigenvalue weighted by molar-refractivity contribution is 5.69. The largest absolute Gasteiger partial charge is 0.493 e. The van der Waals surface area contributed by atoms with Crippen molar-refractivity contribution in [2.45, 2.75) is 103 Å². The van der Waals surface area contributed by atoms with E-state index in [1.807, 2.05) is 26.0 Å². The molecule has 1 saturated heterocycles. The number of rotatable bonds is 14. The van der Waals surface area contributed by atoms with E-state index in [-0.39, 0.29) is 24.6 Å². The smallest absolute Gasteiger partial charge is 0.306 e. The molecule has 1 aromatic carbocycles. The fourth-order valence-electron chi connectivity index (χ4n) is 5.17. The van der Waals surface area contributed by atoms with Gasteiger partial charge < -0.3 is 24.1 Å². The van der Waals surface area contributed by atoms with Gasteiger partial charge in [-0.15, -0.1) is 0 Å². The molecular formula is C29H47NO7. The molecule has 0 bridgehead atoms. The van der Waals surface area contributed by atoms with Gasteiger partial charge in [-0.1, -0.05) is 39.2 Å². The number of carboxylic acids is 1. The summed E-state index contributed by atoms with van der Waals surface area (Å²) in [6, 6.07) is 6.36. The van der Waals surface area contributed by atoms with Crippen LogP contribution in [0.5, 0.6) is 11.5 Å². The number of carbonyl (C=O) groups is 2. The molecule has 1 unspecified atom stereocenters. The number of nitrogens with zero attached hydrogens (tertiary/aromatic N) is 1. The second-order valence-corrected chi connectivity index (χ2v) is 9.55. The maximum atomic E-state index is 12.2. The first kappa shape index (κ1) is 30.9. The maximum absolute atomic E-state index is 12.2. The summed E-state index contributed by atoms with van der Waals surface area (Å²) in [7, 11) is 3.28. The summed E-state index contributed by atoms with van der Waals surface area (Å²) in [4.78, 5) is 25.2. The van der Waals surface area contributed by atoms with Crippen molar-refractivity contribution in [3.8, 4) is 11.5 Å². The van der Waals surface area contributed by atoms with Crippen LogP contribution in [-0.2, 0) is 25.5 Å². The Hall–Kier alpha value is -2.32. The van der Waals surface area contributed by atoms with Crippen molar-refractivity contribution in [3.63, 3.8) is 0 Å². The Morgan fingerprint density at radius 3 is 2.43 bits per heavy atom.